The van der Waals surface area contributed by atoms with E-state index in [0.717, 1.165) is 37.3 Å². The van der Waals surface area contributed by atoms with Gasteiger partial charge in [0.1, 0.15) is 18.8 Å². The van der Waals surface area contributed by atoms with E-state index in [1.165, 1.54) is 35.4 Å². The van der Waals surface area contributed by atoms with Crippen LogP contribution >= 0.6 is 7.81 Å². The van der Waals surface area contributed by atoms with Crippen molar-refractivity contribution in [3.63, 3.8) is 0 Å². The molecule has 0 unspecified atom stereocenters. The van der Waals surface area contributed by atoms with Gasteiger partial charge < -0.3 is 4.74 Å². The average Bonchev–Trinajstić information content (AvgIpc) is 2.73. The summed E-state index contributed by atoms with van der Waals surface area (Å²) in [6.07, 6.45) is 3.63. The molecule has 2 aliphatic heterocycles. The monoisotopic (exact) mass is 374 g/mol. The Bertz CT molecular complexity index is 683. The first-order valence-electron chi connectivity index (χ1n) is 7.57. The summed E-state index contributed by atoms with van der Waals surface area (Å²) in [5.74, 6) is 0. The molecule has 1 aromatic rings. The number of hydrogen-bond donors (Lipinski definition) is 0. The van der Waals surface area contributed by atoms with E-state index in [1.807, 2.05) is 0 Å². The average molecular weight is 374 g/mol. The van der Waals surface area contributed by atoms with Crippen LogP contribution in [0.15, 0.2) is 23.3 Å². The Kier molecular flexibility index (Phi) is 3.62. The number of benzene rings is 1. The Morgan fingerprint density at radius 2 is 1.58 bits per heavy atom. The standard InChI is InChI=1S/C14H17N2O.F6P/c1-3-11-4-2-6-13-14(11)12(5-1)15-16(13)7-9-17-10-8-16;1-7(2,3,4,5)6/h2,4,6H,1,3,5,7-10H2;/q+1;-1. The van der Waals surface area contributed by atoms with Crippen molar-refractivity contribution < 1.29 is 29.9 Å². The Labute approximate surface area is 134 Å². The maximum atomic E-state index is 9.87. The number of ether oxygens (including phenoxy) is 1. The molecule has 1 spiro atoms. The third kappa shape index (κ3) is 4.26. The van der Waals surface area contributed by atoms with Gasteiger partial charge in [0.2, 0.25) is 0 Å². The minimum Gasteiger partial charge on any atom is -0.370 e. The van der Waals surface area contributed by atoms with E-state index in [2.05, 4.69) is 18.2 Å². The van der Waals surface area contributed by atoms with E-state index in [0.29, 0.717) is 0 Å². The molecule has 0 bridgehead atoms. The molecule has 1 aliphatic carbocycles. The van der Waals surface area contributed by atoms with Gasteiger partial charge in [-0.25, -0.2) is 0 Å². The minimum atomic E-state index is -10.7. The Morgan fingerprint density at radius 1 is 0.958 bits per heavy atom. The van der Waals surface area contributed by atoms with Gasteiger partial charge in [0.15, 0.2) is 5.69 Å². The van der Waals surface area contributed by atoms with Crippen LogP contribution in [-0.2, 0) is 11.2 Å². The van der Waals surface area contributed by atoms with Crippen molar-refractivity contribution in [2.45, 2.75) is 19.3 Å². The summed E-state index contributed by atoms with van der Waals surface area (Å²) < 4.78 is 65.5. The zero-order valence-corrected chi connectivity index (χ0v) is 13.6. The van der Waals surface area contributed by atoms with Gasteiger partial charge in [-0.1, -0.05) is 17.2 Å². The topological polar surface area (TPSA) is 21.6 Å². The predicted octanol–water partition coefficient (Wildman–Crippen LogP) is 5.46. The van der Waals surface area contributed by atoms with Crippen molar-refractivity contribution in [2.75, 3.05) is 26.3 Å². The van der Waals surface area contributed by atoms with E-state index < -0.39 is 7.81 Å². The summed E-state index contributed by atoms with van der Waals surface area (Å²) in [5.41, 5.74) is 5.76. The van der Waals surface area contributed by atoms with Crippen LogP contribution in [0.1, 0.15) is 24.0 Å². The Balaban J connectivity index is 0.000000209. The maximum absolute atomic E-state index is 10.7. The molecule has 136 valence electrons. The first-order chi connectivity index (χ1) is 10.8. The van der Waals surface area contributed by atoms with Crippen LogP contribution in [0.5, 0.6) is 0 Å². The predicted molar refractivity (Wildman–Crippen MR) is 81.8 cm³/mol. The molecule has 0 atom stereocenters. The second-order valence-corrected chi connectivity index (χ2v) is 8.07. The zero-order valence-electron chi connectivity index (χ0n) is 12.7. The van der Waals surface area contributed by atoms with Crippen molar-refractivity contribution in [2.24, 2.45) is 5.10 Å². The Hall–Kier alpha value is -1.18. The molecular formula is C14H17F6N2OP. The molecule has 2 heterocycles. The van der Waals surface area contributed by atoms with E-state index in [-0.39, 0.29) is 0 Å². The summed E-state index contributed by atoms with van der Waals surface area (Å²) in [5, 5.41) is 5.05. The summed E-state index contributed by atoms with van der Waals surface area (Å²) in [6, 6.07) is 6.75. The molecule has 0 amide bonds. The first-order valence-corrected chi connectivity index (χ1v) is 9.60. The summed E-state index contributed by atoms with van der Waals surface area (Å²) in [4.78, 5) is 0. The van der Waals surface area contributed by atoms with Crippen molar-refractivity contribution in [1.29, 1.82) is 0 Å². The number of nitrogens with zero attached hydrogens (tertiary/aromatic N) is 2. The molecule has 0 saturated carbocycles. The van der Waals surface area contributed by atoms with Crippen LogP contribution in [0.4, 0.5) is 30.9 Å². The molecule has 10 heteroatoms. The fourth-order valence-corrected chi connectivity index (χ4v) is 3.42. The second kappa shape index (κ2) is 4.93. The summed E-state index contributed by atoms with van der Waals surface area (Å²) in [6.45, 7) is 3.67. The molecule has 0 aromatic heterocycles. The maximum Gasteiger partial charge on any atom is 0.169 e. The van der Waals surface area contributed by atoms with Crippen LogP contribution in [0, 0.1) is 0 Å². The van der Waals surface area contributed by atoms with Crippen LogP contribution in [-0.4, -0.2) is 32.0 Å². The molecule has 3 nitrogen and oxygen atoms in total. The van der Waals surface area contributed by atoms with Gasteiger partial charge in [0.05, 0.1) is 18.8 Å². The van der Waals surface area contributed by atoms with Crippen molar-refractivity contribution in [1.82, 2.24) is 4.59 Å². The van der Waals surface area contributed by atoms with Gasteiger partial charge in [-0.3, -0.25) is 0 Å². The van der Waals surface area contributed by atoms with Gasteiger partial charge in [0, 0.05) is 6.07 Å². The molecular weight excluding hydrogens is 357 g/mol. The second-order valence-electron chi connectivity index (χ2n) is 6.15. The normalized spacial score (nSPS) is 24.2. The van der Waals surface area contributed by atoms with Gasteiger partial charge in [0.25, 0.3) is 0 Å². The van der Waals surface area contributed by atoms with Crippen LogP contribution in [0.25, 0.3) is 0 Å². The number of aryl methyl sites for hydroxylation is 1. The minimum absolute atomic E-state index is 0.804. The largest absolute Gasteiger partial charge is 0.370 e. The number of hydrogen-bond acceptors (Lipinski definition) is 2. The van der Waals surface area contributed by atoms with Crippen LogP contribution in [0.3, 0.4) is 0 Å². The summed E-state index contributed by atoms with van der Waals surface area (Å²) in [7, 11) is -10.7. The number of morpholine rings is 1. The first kappa shape index (κ1) is 17.6. The fourth-order valence-electron chi connectivity index (χ4n) is 3.42. The third-order valence-electron chi connectivity index (χ3n) is 4.25. The quantitative estimate of drug-likeness (QED) is 0.336. The number of rotatable bonds is 0. The van der Waals surface area contributed by atoms with Crippen molar-refractivity contribution in [3.8, 4) is 0 Å². The van der Waals surface area contributed by atoms with E-state index in [9.17, 15) is 25.2 Å². The molecule has 0 radical (unpaired) electrons. The van der Waals surface area contributed by atoms with Crippen LogP contribution < -0.4 is 4.59 Å². The summed E-state index contributed by atoms with van der Waals surface area (Å²) >= 11 is 0. The smallest absolute Gasteiger partial charge is 0.169 e. The number of quaternary nitrogens is 1. The van der Waals surface area contributed by atoms with Gasteiger partial charge in [-0.15, -0.1) is 0 Å². The number of halogens is 6. The van der Waals surface area contributed by atoms with Gasteiger partial charge in [-0.05, 0) is 24.8 Å². The molecule has 1 fully saturated rings. The van der Waals surface area contributed by atoms with Gasteiger partial charge >= 0.3 is 33.0 Å². The SMILES string of the molecule is F[P-](F)(F)(F)(F)F.c1cc2c3c(c1)[N+]1(CCOCC1)N=C3CCC2. The zero-order chi connectivity index (χ0) is 17.7. The van der Waals surface area contributed by atoms with Gasteiger partial charge in [-0.2, -0.15) is 4.59 Å². The molecule has 24 heavy (non-hydrogen) atoms. The molecule has 1 aromatic carbocycles. The Morgan fingerprint density at radius 3 is 2.21 bits per heavy atom. The van der Waals surface area contributed by atoms with Crippen molar-refractivity contribution in [3.05, 3.63) is 29.3 Å². The molecule has 0 N–H and O–H groups in total. The molecule has 1 saturated heterocycles. The van der Waals surface area contributed by atoms with Crippen LogP contribution in [0.2, 0.25) is 0 Å². The van der Waals surface area contributed by atoms with E-state index in [1.54, 1.807) is 0 Å². The third-order valence-corrected chi connectivity index (χ3v) is 4.25. The molecule has 4 rings (SSSR count). The van der Waals surface area contributed by atoms with E-state index >= 15 is 0 Å². The number of fused-ring (bicyclic) bond motifs is 1. The fraction of sp³-hybridized carbons (Fsp3) is 0.500. The van der Waals surface area contributed by atoms with Crippen molar-refractivity contribution >= 4 is 19.2 Å². The molecule has 3 aliphatic rings. The van der Waals surface area contributed by atoms with E-state index in [4.69, 9.17) is 9.84 Å².